The first-order valence-electron chi connectivity index (χ1n) is 4.88. The summed E-state index contributed by atoms with van der Waals surface area (Å²) in [4.78, 5) is 11.1. The van der Waals surface area contributed by atoms with Gasteiger partial charge in [-0.05, 0) is 47.2 Å². The molecule has 0 spiro atoms. The molecular weight excluding hydrogens is 359 g/mol. The van der Waals surface area contributed by atoms with Crippen LogP contribution in [0, 0.1) is 3.57 Å². The molecule has 96 valence electrons. The van der Waals surface area contributed by atoms with Crippen LogP contribution in [-0.4, -0.2) is 18.7 Å². The topological polar surface area (TPSA) is 52.3 Å². The van der Waals surface area contributed by atoms with E-state index >= 15 is 0 Å². The number of carbonyl (C=O) groups is 1. The molecule has 0 saturated carbocycles. The molecule has 6 heteroatoms. The number of benzene rings is 1. The molecule has 1 aromatic carbocycles. The largest absolute Gasteiger partial charge is 0.464 e. The first-order chi connectivity index (χ1) is 7.56. The van der Waals surface area contributed by atoms with Crippen LogP contribution in [0.3, 0.4) is 0 Å². The maximum Gasteiger partial charge on any atom is 0.342 e. The molecule has 0 aliphatic rings. The summed E-state index contributed by atoms with van der Waals surface area (Å²) in [6.45, 7) is 1.78. The van der Waals surface area contributed by atoms with Crippen molar-refractivity contribution in [3.8, 4) is 0 Å². The molecule has 1 rings (SSSR count). The maximum absolute atomic E-state index is 13.6. The summed E-state index contributed by atoms with van der Waals surface area (Å²) in [6, 6.07) is 6.06. The minimum absolute atomic E-state index is 0. The van der Waals surface area contributed by atoms with Crippen molar-refractivity contribution in [2.24, 2.45) is 5.73 Å². The summed E-state index contributed by atoms with van der Waals surface area (Å²) in [6.07, 6.45) is -1.82. The summed E-state index contributed by atoms with van der Waals surface area (Å²) in [5.41, 5.74) is 6.23. The summed E-state index contributed by atoms with van der Waals surface area (Å²) >= 11 is 2.14. The van der Waals surface area contributed by atoms with E-state index in [4.69, 9.17) is 5.73 Å². The average molecular weight is 374 g/mol. The standard InChI is InChI=1S/C11H13FINO2.ClH/c1-2-16-11(15)9(12)10(14)7-3-5-8(13)6-4-7;/h3-6,9-10H,2,14H2,1H3;1H/t9?,10-;/m0./s1. The van der Waals surface area contributed by atoms with Gasteiger partial charge in [0.1, 0.15) is 0 Å². The number of carbonyl (C=O) groups excluding carboxylic acids is 1. The number of nitrogens with two attached hydrogens (primary N) is 1. The lowest BCUT2D eigenvalue weighted by Gasteiger charge is -2.15. The number of hydrogen-bond donors (Lipinski definition) is 1. The fourth-order valence-corrected chi connectivity index (χ4v) is 1.58. The van der Waals surface area contributed by atoms with Crippen LogP contribution >= 0.6 is 35.0 Å². The Morgan fingerprint density at radius 1 is 1.47 bits per heavy atom. The van der Waals surface area contributed by atoms with Crippen LogP contribution in [0.5, 0.6) is 0 Å². The van der Waals surface area contributed by atoms with Crippen LogP contribution in [0.15, 0.2) is 24.3 Å². The maximum atomic E-state index is 13.6. The number of esters is 1. The predicted molar refractivity (Wildman–Crippen MR) is 74.9 cm³/mol. The van der Waals surface area contributed by atoms with E-state index in [0.717, 1.165) is 3.57 Å². The molecule has 17 heavy (non-hydrogen) atoms. The van der Waals surface area contributed by atoms with E-state index in [1.165, 1.54) is 0 Å². The van der Waals surface area contributed by atoms with Gasteiger partial charge in [-0.15, -0.1) is 12.4 Å². The van der Waals surface area contributed by atoms with Crippen molar-refractivity contribution in [2.75, 3.05) is 6.61 Å². The predicted octanol–water partition coefficient (Wildman–Crippen LogP) is 2.61. The van der Waals surface area contributed by atoms with Crippen LogP contribution in [0.4, 0.5) is 4.39 Å². The molecule has 0 amide bonds. The minimum Gasteiger partial charge on any atom is -0.464 e. The molecule has 0 aliphatic carbocycles. The lowest BCUT2D eigenvalue weighted by atomic mass is 10.0. The van der Waals surface area contributed by atoms with Gasteiger partial charge in [0.15, 0.2) is 0 Å². The van der Waals surface area contributed by atoms with Crippen LogP contribution in [0.25, 0.3) is 0 Å². The first kappa shape index (κ1) is 16.6. The van der Waals surface area contributed by atoms with E-state index in [0.29, 0.717) is 5.56 Å². The Bertz CT molecular complexity index is 361. The molecule has 0 saturated heterocycles. The SMILES string of the molecule is CCOC(=O)C(F)[C@@H](N)c1ccc(I)cc1.Cl. The third kappa shape index (κ3) is 4.77. The zero-order chi connectivity index (χ0) is 12.1. The van der Waals surface area contributed by atoms with Crippen molar-refractivity contribution in [3.63, 3.8) is 0 Å². The lowest BCUT2D eigenvalue weighted by molar-refractivity contribution is -0.149. The molecule has 0 heterocycles. The Hall–Kier alpha value is -0.400. The zero-order valence-electron chi connectivity index (χ0n) is 9.23. The Kier molecular flexibility index (Phi) is 7.65. The van der Waals surface area contributed by atoms with Gasteiger partial charge >= 0.3 is 5.97 Å². The van der Waals surface area contributed by atoms with E-state index in [9.17, 15) is 9.18 Å². The number of hydrogen-bond acceptors (Lipinski definition) is 3. The Balaban J connectivity index is 0.00000256. The molecule has 0 fully saturated rings. The van der Waals surface area contributed by atoms with Crippen LogP contribution < -0.4 is 5.73 Å². The van der Waals surface area contributed by atoms with E-state index in [-0.39, 0.29) is 19.0 Å². The van der Waals surface area contributed by atoms with Gasteiger partial charge in [-0.2, -0.15) is 0 Å². The van der Waals surface area contributed by atoms with Gasteiger partial charge in [0.05, 0.1) is 12.6 Å². The molecule has 2 N–H and O–H groups in total. The van der Waals surface area contributed by atoms with Crippen molar-refractivity contribution in [2.45, 2.75) is 19.1 Å². The highest BCUT2D eigenvalue weighted by atomic mass is 127. The summed E-state index contributed by atoms with van der Waals surface area (Å²) in [5.74, 6) is -0.909. The Morgan fingerprint density at radius 3 is 2.47 bits per heavy atom. The van der Waals surface area contributed by atoms with E-state index in [1.54, 1.807) is 19.1 Å². The van der Waals surface area contributed by atoms with Crippen LogP contribution in [0.2, 0.25) is 0 Å². The number of rotatable bonds is 4. The number of alkyl halides is 1. The second kappa shape index (κ2) is 7.84. The van der Waals surface area contributed by atoms with E-state index < -0.39 is 18.2 Å². The highest BCUT2D eigenvalue weighted by molar-refractivity contribution is 14.1. The monoisotopic (exact) mass is 373 g/mol. The highest BCUT2D eigenvalue weighted by Crippen LogP contribution is 2.19. The van der Waals surface area contributed by atoms with Crippen molar-refractivity contribution < 1.29 is 13.9 Å². The molecule has 0 aromatic heterocycles. The van der Waals surface area contributed by atoms with Gasteiger partial charge in [0.2, 0.25) is 6.17 Å². The Morgan fingerprint density at radius 2 is 2.00 bits per heavy atom. The average Bonchev–Trinajstić information content (AvgIpc) is 2.28. The third-order valence-corrected chi connectivity index (χ3v) is 2.80. The molecule has 0 bridgehead atoms. The van der Waals surface area contributed by atoms with Gasteiger partial charge in [0.25, 0.3) is 0 Å². The van der Waals surface area contributed by atoms with Gasteiger partial charge in [-0.25, -0.2) is 9.18 Å². The molecule has 2 atom stereocenters. The van der Waals surface area contributed by atoms with Crippen molar-refractivity contribution in [1.82, 2.24) is 0 Å². The molecule has 0 aliphatic heterocycles. The minimum atomic E-state index is -1.82. The van der Waals surface area contributed by atoms with Crippen LogP contribution in [0.1, 0.15) is 18.5 Å². The van der Waals surface area contributed by atoms with E-state index in [1.807, 2.05) is 12.1 Å². The Labute approximate surface area is 119 Å². The quantitative estimate of drug-likeness (QED) is 0.652. The summed E-state index contributed by atoms with van der Waals surface area (Å²) in [5, 5.41) is 0. The number of halogens is 3. The fraction of sp³-hybridized carbons (Fsp3) is 0.364. The molecule has 1 aromatic rings. The normalized spacial score (nSPS) is 13.4. The van der Waals surface area contributed by atoms with Gasteiger partial charge in [-0.1, -0.05) is 12.1 Å². The number of ether oxygens (including phenoxy) is 1. The molecule has 3 nitrogen and oxygen atoms in total. The van der Waals surface area contributed by atoms with Gasteiger partial charge < -0.3 is 10.5 Å². The summed E-state index contributed by atoms with van der Waals surface area (Å²) in [7, 11) is 0. The molecule has 1 unspecified atom stereocenters. The zero-order valence-corrected chi connectivity index (χ0v) is 12.2. The summed E-state index contributed by atoms with van der Waals surface area (Å²) < 4.78 is 19.2. The van der Waals surface area contributed by atoms with Gasteiger partial charge in [0, 0.05) is 3.57 Å². The molecular formula is C11H14ClFINO2. The van der Waals surface area contributed by atoms with Crippen LogP contribution in [-0.2, 0) is 9.53 Å². The smallest absolute Gasteiger partial charge is 0.342 e. The fourth-order valence-electron chi connectivity index (χ4n) is 1.22. The third-order valence-electron chi connectivity index (χ3n) is 2.08. The van der Waals surface area contributed by atoms with Crippen molar-refractivity contribution in [3.05, 3.63) is 33.4 Å². The van der Waals surface area contributed by atoms with Crippen molar-refractivity contribution >= 4 is 41.0 Å². The lowest BCUT2D eigenvalue weighted by Crippen LogP contribution is -2.31. The highest BCUT2D eigenvalue weighted by Gasteiger charge is 2.27. The van der Waals surface area contributed by atoms with E-state index in [2.05, 4.69) is 27.3 Å². The van der Waals surface area contributed by atoms with Gasteiger partial charge in [-0.3, -0.25) is 0 Å². The molecule has 0 radical (unpaired) electrons. The second-order valence-electron chi connectivity index (χ2n) is 3.23. The first-order valence-corrected chi connectivity index (χ1v) is 5.96. The second-order valence-corrected chi connectivity index (χ2v) is 4.48. The van der Waals surface area contributed by atoms with Crippen molar-refractivity contribution in [1.29, 1.82) is 0 Å².